The van der Waals surface area contributed by atoms with Crippen molar-refractivity contribution in [1.29, 1.82) is 5.26 Å². The van der Waals surface area contributed by atoms with Gasteiger partial charge in [-0.15, -0.1) is 0 Å². The molecule has 1 heterocycles. The first-order valence-corrected chi connectivity index (χ1v) is 9.35. The number of nitriles is 1. The number of hydrogen-bond donors (Lipinski definition) is 2. The monoisotopic (exact) mass is 412 g/mol. The van der Waals surface area contributed by atoms with Crippen LogP contribution in [0.1, 0.15) is 11.1 Å². The Labute approximate surface area is 176 Å². The molecule has 8 heteroatoms. The molecule has 0 fully saturated rings. The topological polar surface area (TPSA) is 121 Å². The van der Waals surface area contributed by atoms with Gasteiger partial charge in [0.15, 0.2) is 0 Å². The Kier molecular flexibility index (Phi) is 5.32. The summed E-state index contributed by atoms with van der Waals surface area (Å²) in [6, 6.07) is 22.2. The maximum atomic E-state index is 11.9. The fourth-order valence-electron chi connectivity index (χ4n) is 3.18. The third-order valence-electron chi connectivity index (χ3n) is 4.72. The average Bonchev–Trinajstić information content (AvgIpc) is 2.78. The van der Waals surface area contributed by atoms with Gasteiger partial charge in [-0.25, -0.2) is 4.79 Å². The third kappa shape index (κ3) is 4.36. The van der Waals surface area contributed by atoms with Crippen molar-refractivity contribution in [2.45, 2.75) is 6.54 Å². The fourth-order valence-corrected chi connectivity index (χ4v) is 3.18. The van der Waals surface area contributed by atoms with Gasteiger partial charge in [-0.1, -0.05) is 18.2 Å². The van der Waals surface area contributed by atoms with E-state index in [0.717, 1.165) is 11.3 Å². The zero-order chi connectivity index (χ0) is 21.8. The van der Waals surface area contributed by atoms with E-state index in [1.807, 2.05) is 42.5 Å². The van der Waals surface area contributed by atoms with Crippen LogP contribution in [0.15, 0.2) is 82.0 Å². The summed E-state index contributed by atoms with van der Waals surface area (Å²) in [4.78, 5) is 22.5. The van der Waals surface area contributed by atoms with Crippen molar-refractivity contribution in [2.24, 2.45) is 0 Å². The highest BCUT2D eigenvalue weighted by atomic mass is 16.6. The highest BCUT2D eigenvalue weighted by Crippen LogP contribution is 2.29. The van der Waals surface area contributed by atoms with E-state index in [1.165, 1.54) is 24.3 Å². The van der Waals surface area contributed by atoms with E-state index in [1.54, 1.807) is 6.07 Å². The molecule has 31 heavy (non-hydrogen) atoms. The predicted molar refractivity (Wildman–Crippen MR) is 117 cm³/mol. The van der Waals surface area contributed by atoms with Crippen molar-refractivity contribution in [3.8, 4) is 6.07 Å². The number of rotatable bonds is 6. The number of benzene rings is 3. The largest absolute Gasteiger partial charge is 0.423 e. The minimum absolute atomic E-state index is 0.0957. The fraction of sp³-hybridized carbons (Fsp3) is 0.0435. The second-order valence-corrected chi connectivity index (χ2v) is 6.74. The maximum Gasteiger partial charge on any atom is 0.338 e. The number of nitrogens with zero attached hydrogens (tertiary/aromatic N) is 2. The van der Waals surface area contributed by atoms with Crippen LogP contribution in [0.25, 0.3) is 11.0 Å². The lowest BCUT2D eigenvalue weighted by molar-refractivity contribution is -0.384. The van der Waals surface area contributed by atoms with Gasteiger partial charge in [-0.05, 0) is 42.0 Å². The SMILES string of the molecule is N#Cc1ccccc1CNc1ccc(Nc2cc(=O)oc3ccc([N+](=O)[O-])cc23)cc1. The van der Waals surface area contributed by atoms with Gasteiger partial charge >= 0.3 is 5.63 Å². The second kappa shape index (κ2) is 8.39. The summed E-state index contributed by atoms with van der Waals surface area (Å²) < 4.78 is 5.14. The number of hydrogen-bond acceptors (Lipinski definition) is 7. The second-order valence-electron chi connectivity index (χ2n) is 6.74. The molecule has 0 unspecified atom stereocenters. The van der Waals surface area contributed by atoms with E-state index in [2.05, 4.69) is 16.7 Å². The Hall–Kier alpha value is -4.64. The molecule has 152 valence electrons. The molecule has 0 saturated heterocycles. The maximum absolute atomic E-state index is 11.9. The van der Waals surface area contributed by atoms with E-state index in [-0.39, 0.29) is 11.3 Å². The summed E-state index contributed by atoms with van der Waals surface area (Å²) in [5.41, 5.74) is 3.09. The van der Waals surface area contributed by atoms with Gasteiger partial charge in [0, 0.05) is 41.5 Å². The molecule has 0 saturated carbocycles. The number of non-ortho nitro benzene ring substituents is 1. The van der Waals surface area contributed by atoms with Gasteiger partial charge in [0.25, 0.3) is 5.69 Å². The highest BCUT2D eigenvalue weighted by molar-refractivity contribution is 5.93. The highest BCUT2D eigenvalue weighted by Gasteiger charge is 2.12. The predicted octanol–water partition coefficient (Wildman–Crippen LogP) is 4.93. The zero-order valence-corrected chi connectivity index (χ0v) is 16.2. The lowest BCUT2D eigenvalue weighted by Crippen LogP contribution is -2.03. The van der Waals surface area contributed by atoms with Crippen LogP contribution in [0.3, 0.4) is 0 Å². The van der Waals surface area contributed by atoms with E-state index >= 15 is 0 Å². The number of fused-ring (bicyclic) bond motifs is 1. The summed E-state index contributed by atoms with van der Waals surface area (Å²) in [7, 11) is 0. The van der Waals surface area contributed by atoms with E-state index in [4.69, 9.17) is 4.42 Å². The van der Waals surface area contributed by atoms with Crippen molar-refractivity contribution < 1.29 is 9.34 Å². The van der Waals surface area contributed by atoms with Crippen LogP contribution in [0.5, 0.6) is 0 Å². The number of anilines is 3. The van der Waals surface area contributed by atoms with Crippen molar-refractivity contribution in [3.05, 3.63) is 104 Å². The minimum atomic E-state index is -0.557. The van der Waals surface area contributed by atoms with Crippen LogP contribution in [0, 0.1) is 21.4 Å². The first-order valence-electron chi connectivity index (χ1n) is 9.35. The van der Waals surface area contributed by atoms with E-state index in [0.29, 0.717) is 28.9 Å². The summed E-state index contributed by atoms with van der Waals surface area (Å²) in [5.74, 6) is 0. The molecule has 0 atom stereocenters. The Bertz CT molecular complexity index is 1370. The summed E-state index contributed by atoms with van der Waals surface area (Å²) in [6.45, 7) is 0.505. The first kappa shape index (κ1) is 19.7. The number of nitro benzene ring substituents is 1. The van der Waals surface area contributed by atoms with Crippen LogP contribution in [0.4, 0.5) is 22.7 Å². The minimum Gasteiger partial charge on any atom is -0.423 e. The smallest absolute Gasteiger partial charge is 0.338 e. The molecule has 0 aliphatic rings. The molecule has 2 N–H and O–H groups in total. The molecule has 8 nitrogen and oxygen atoms in total. The Morgan fingerprint density at radius 1 is 1.00 bits per heavy atom. The summed E-state index contributed by atoms with van der Waals surface area (Å²) in [6.07, 6.45) is 0. The van der Waals surface area contributed by atoms with Crippen molar-refractivity contribution in [1.82, 2.24) is 0 Å². The van der Waals surface area contributed by atoms with Gasteiger partial charge in [0.05, 0.1) is 22.2 Å². The van der Waals surface area contributed by atoms with E-state index < -0.39 is 10.5 Å². The van der Waals surface area contributed by atoms with Gasteiger partial charge in [-0.3, -0.25) is 10.1 Å². The van der Waals surface area contributed by atoms with Gasteiger partial charge < -0.3 is 15.1 Å². The van der Waals surface area contributed by atoms with Crippen LogP contribution in [-0.2, 0) is 6.54 Å². The molecule has 0 spiro atoms. The van der Waals surface area contributed by atoms with E-state index in [9.17, 15) is 20.2 Å². The molecule has 0 aliphatic carbocycles. The molecule has 0 bridgehead atoms. The third-order valence-corrected chi connectivity index (χ3v) is 4.72. The first-order chi connectivity index (χ1) is 15.0. The molecule has 3 aromatic carbocycles. The van der Waals surface area contributed by atoms with Crippen LogP contribution in [0.2, 0.25) is 0 Å². The normalized spacial score (nSPS) is 10.4. The average molecular weight is 412 g/mol. The van der Waals surface area contributed by atoms with Gasteiger partial charge in [0.2, 0.25) is 0 Å². The molecular weight excluding hydrogens is 396 g/mol. The van der Waals surface area contributed by atoms with Crippen molar-refractivity contribution in [2.75, 3.05) is 10.6 Å². The Balaban J connectivity index is 1.54. The molecule has 0 aliphatic heterocycles. The number of nitro groups is 1. The van der Waals surface area contributed by atoms with Crippen molar-refractivity contribution >= 4 is 33.7 Å². The molecule has 4 aromatic rings. The molecular formula is C23H16N4O4. The number of nitrogens with one attached hydrogen (secondary N) is 2. The molecule has 0 radical (unpaired) electrons. The Morgan fingerprint density at radius 3 is 2.48 bits per heavy atom. The van der Waals surface area contributed by atoms with Crippen LogP contribution >= 0.6 is 0 Å². The summed E-state index contributed by atoms with van der Waals surface area (Å²) in [5, 5.41) is 27.1. The molecule has 4 rings (SSSR count). The quantitative estimate of drug-likeness (QED) is 0.262. The van der Waals surface area contributed by atoms with Gasteiger partial charge in [-0.2, -0.15) is 5.26 Å². The molecule has 1 aromatic heterocycles. The lowest BCUT2D eigenvalue weighted by atomic mass is 10.1. The van der Waals surface area contributed by atoms with Gasteiger partial charge in [0.1, 0.15) is 5.58 Å². The van der Waals surface area contributed by atoms with Crippen LogP contribution < -0.4 is 16.3 Å². The Morgan fingerprint density at radius 2 is 1.74 bits per heavy atom. The lowest BCUT2D eigenvalue weighted by Gasteiger charge is -2.11. The van der Waals surface area contributed by atoms with Crippen molar-refractivity contribution in [3.63, 3.8) is 0 Å². The standard InChI is InChI=1S/C23H16N4O4/c24-13-15-3-1-2-4-16(15)14-25-17-5-7-18(8-6-17)26-21-12-23(28)31-22-10-9-19(27(29)30)11-20(21)22/h1-12,25-26H,14H2. The summed E-state index contributed by atoms with van der Waals surface area (Å²) >= 11 is 0. The zero-order valence-electron chi connectivity index (χ0n) is 16.2. The van der Waals surface area contributed by atoms with Crippen LogP contribution in [-0.4, -0.2) is 4.92 Å². The molecule has 0 amide bonds.